The zero-order chi connectivity index (χ0) is 22.2. The third-order valence-electron chi connectivity index (χ3n) is 3.46. The second kappa shape index (κ2) is 8.97. The summed E-state index contributed by atoms with van der Waals surface area (Å²) in [5.41, 5.74) is 0. The number of phosphoric acid groups is 3. The Bertz CT molecular complexity index is 841. The number of aliphatic hydroxyl groups is 2. The second-order valence-corrected chi connectivity index (χ2v) is 11.5. The highest BCUT2D eigenvalue weighted by molar-refractivity contribution is 8.00. The molecule has 166 valence electrons. The molecule has 2 heterocycles. The third-order valence-corrected chi connectivity index (χ3v) is 8.82. The van der Waals surface area contributed by atoms with Crippen molar-refractivity contribution < 1.29 is 66.2 Å². The normalized spacial score (nSPS) is 32.3. The summed E-state index contributed by atoms with van der Waals surface area (Å²) >= 11 is 0.749. The minimum Gasteiger partial charge on any atom is -0.389 e. The van der Waals surface area contributed by atoms with E-state index in [0.717, 1.165) is 28.9 Å². The molecule has 0 spiro atoms. The van der Waals surface area contributed by atoms with E-state index in [1.54, 1.807) is 0 Å². The number of hydrogen-bond acceptors (Lipinski definition) is 11. The Kier molecular flexibility index (Phi) is 7.68. The number of aliphatic hydroxyl groups excluding tert-OH is 2. The number of phosphoric ester groups is 1. The Hall–Kier alpha value is -0.440. The molecular weight excluding hydrogens is 483 g/mol. The molecule has 0 aliphatic carbocycles. The zero-order valence-corrected chi connectivity index (χ0v) is 17.5. The summed E-state index contributed by atoms with van der Waals surface area (Å²) in [5.74, 6) is -1.09. The van der Waals surface area contributed by atoms with Gasteiger partial charge in [-0.15, -0.1) is 11.8 Å². The fourth-order valence-corrected chi connectivity index (χ4v) is 6.95. The number of rotatable bonds is 8. The first-order chi connectivity index (χ1) is 13.1. The van der Waals surface area contributed by atoms with Gasteiger partial charge in [0.2, 0.25) is 5.91 Å². The smallest absolute Gasteiger partial charge is 0.389 e. The predicted molar refractivity (Wildman–Crippen MR) is 92.6 cm³/mol. The molecule has 1 amide bonds. The number of amides is 1. The van der Waals surface area contributed by atoms with E-state index in [1.165, 1.54) is 0 Å². The molecular formula is C10H16NO14P3S. The van der Waals surface area contributed by atoms with Crippen LogP contribution in [0.15, 0.2) is 12.3 Å². The maximum absolute atomic E-state index is 11.9. The molecule has 1 fully saturated rings. The van der Waals surface area contributed by atoms with Crippen molar-refractivity contribution in [2.24, 2.45) is 0 Å². The summed E-state index contributed by atoms with van der Waals surface area (Å²) in [4.78, 5) is 59.5. The summed E-state index contributed by atoms with van der Waals surface area (Å²) < 4.78 is 45.0. The van der Waals surface area contributed by atoms with E-state index < -0.39 is 71.0 Å². The van der Waals surface area contributed by atoms with Gasteiger partial charge in [-0.3, -0.25) is 14.1 Å². The van der Waals surface area contributed by atoms with Crippen molar-refractivity contribution in [1.29, 1.82) is 0 Å². The van der Waals surface area contributed by atoms with Crippen LogP contribution in [0.3, 0.4) is 0 Å². The number of carbonyl (C=O) groups is 2. The molecule has 2 rings (SSSR count). The van der Waals surface area contributed by atoms with Gasteiger partial charge in [0.15, 0.2) is 5.78 Å². The highest BCUT2D eigenvalue weighted by Crippen LogP contribution is 2.66. The molecule has 1 saturated heterocycles. The van der Waals surface area contributed by atoms with E-state index in [9.17, 15) is 38.4 Å². The van der Waals surface area contributed by atoms with Gasteiger partial charge in [0, 0.05) is 6.20 Å². The molecule has 2 unspecified atom stereocenters. The quantitative estimate of drug-likeness (QED) is 0.170. The van der Waals surface area contributed by atoms with Crippen molar-refractivity contribution in [3.63, 3.8) is 0 Å². The van der Waals surface area contributed by atoms with Crippen LogP contribution in [-0.2, 0) is 36.4 Å². The molecule has 0 saturated carbocycles. The van der Waals surface area contributed by atoms with Crippen molar-refractivity contribution in [1.82, 2.24) is 4.90 Å². The average Bonchev–Trinajstić information content (AvgIpc) is 2.78. The van der Waals surface area contributed by atoms with Crippen LogP contribution in [0, 0.1) is 0 Å². The van der Waals surface area contributed by atoms with Gasteiger partial charge >= 0.3 is 23.5 Å². The van der Waals surface area contributed by atoms with E-state index in [0.29, 0.717) is 0 Å². The number of carbonyl (C=O) groups excluding carboxylic acids is 2. The molecule has 2 aliphatic heterocycles. The molecule has 0 aromatic carbocycles. The van der Waals surface area contributed by atoms with Crippen LogP contribution in [0.4, 0.5) is 0 Å². The fourth-order valence-electron chi connectivity index (χ4n) is 2.34. The SMILES string of the molecule is O=C1C=CN([C@@H]2S[C@H](COP(=O)(O)OP(=O)(O)OP(=O)(O)O)[C@@H](O)[C@H]2O)C(=O)C1. The lowest BCUT2D eigenvalue weighted by Crippen LogP contribution is -2.44. The lowest BCUT2D eigenvalue weighted by atomic mass is 10.1. The Labute approximate surface area is 166 Å². The van der Waals surface area contributed by atoms with Gasteiger partial charge in [0.05, 0.1) is 24.4 Å². The fraction of sp³-hybridized carbons (Fsp3) is 0.600. The van der Waals surface area contributed by atoms with E-state index in [4.69, 9.17) is 14.7 Å². The van der Waals surface area contributed by atoms with Gasteiger partial charge in [-0.05, 0) is 6.08 Å². The second-order valence-electron chi connectivity index (χ2n) is 5.69. The summed E-state index contributed by atoms with van der Waals surface area (Å²) in [6.45, 7) is -0.840. The predicted octanol–water partition coefficient (Wildman–Crippen LogP) is -1.19. The Morgan fingerprint density at radius 1 is 1.03 bits per heavy atom. The molecule has 0 bridgehead atoms. The van der Waals surface area contributed by atoms with Gasteiger partial charge in [0.1, 0.15) is 11.5 Å². The van der Waals surface area contributed by atoms with Crippen LogP contribution in [0.2, 0.25) is 0 Å². The summed E-state index contributed by atoms with van der Waals surface area (Å²) in [7, 11) is -16.6. The molecule has 29 heavy (non-hydrogen) atoms. The van der Waals surface area contributed by atoms with E-state index >= 15 is 0 Å². The standard InChI is InChI=1S/C10H16NO14P3S/c12-5-1-2-11(7(13)3-5)10-9(15)8(14)6(29-10)4-23-27(19,20)25-28(21,22)24-26(16,17)18/h1-2,6,8-10,14-15H,3-4H2,(H,19,20)(H,21,22)(H2,16,17,18)/t6-,8-,9-,10-/m1/s1. The topological polar surface area (TPSA) is 238 Å². The van der Waals surface area contributed by atoms with E-state index in [2.05, 4.69) is 13.1 Å². The van der Waals surface area contributed by atoms with Crippen molar-refractivity contribution >= 4 is 46.9 Å². The first-order valence-electron chi connectivity index (χ1n) is 7.42. The van der Waals surface area contributed by atoms with Gasteiger partial charge in [-0.2, -0.15) is 8.62 Å². The Morgan fingerprint density at radius 3 is 2.21 bits per heavy atom. The molecule has 6 atom stereocenters. The summed E-state index contributed by atoms with van der Waals surface area (Å²) in [5, 5.41) is 18.0. The van der Waals surface area contributed by atoms with Crippen LogP contribution in [-0.4, -0.2) is 75.8 Å². The van der Waals surface area contributed by atoms with Crippen LogP contribution in [0.1, 0.15) is 6.42 Å². The van der Waals surface area contributed by atoms with Crippen LogP contribution in [0.5, 0.6) is 0 Å². The van der Waals surface area contributed by atoms with Gasteiger partial charge in [0.25, 0.3) is 0 Å². The zero-order valence-electron chi connectivity index (χ0n) is 14.0. The molecule has 0 aromatic rings. The van der Waals surface area contributed by atoms with Gasteiger partial charge < -0.3 is 34.7 Å². The number of thioether (sulfide) groups is 1. The van der Waals surface area contributed by atoms with E-state index in [1.807, 2.05) is 0 Å². The molecule has 0 aromatic heterocycles. The first kappa shape index (κ1) is 24.8. The Balaban J connectivity index is 2.00. The van der Waals surface area contributed by atoms with Crippen LogP contribution >= 0.6 is 35.2 Å². The van der Waals surface area contributed by atoms with Crippen molar-refractivity contribution in [3.05, 3.63) is 12.3 Å². The summed E-state index contributed by atoms with van der Waals surface area (Å²) in [6.07, 6.45) is -1.33. The van der Waals surface area contributed by atoms with Crippen LogP contribution in [0.25, 0.3) is 0 Å². The highest BCUT2D eigenvalue weighted by atomic mass is 32.2. The number of hydrogen-bond donors (Lipinski definition) is 6. The highest BCUT2D eigenvalue weighted by Gasteiger charge is 2.48. The first-order valence-corrected chi connectivity index (χ1v) is 12.9. The number of nitrogens with zero attached hydrogens (tertiary/aromatic N) is 1. The maximum Gasteiger partial charge on any atom is 0.490 e. The van der Waals surface area contributed by atoms with Crippen LogP contribution < -0.4 is 0 Å². The lowest BCUT2D eigenvalue weighted by Gasteiger charge is -2.29. The molecule has 6 N–H and O–H groups in total. The Morgan fingerprint density at radius 2 is 1.66 bits per heavy atom. The molecule has 19 heteroatoms. The molecule has 2 aliphatic rings. The number of allylic oxidation sites excluding steroid dienone is 1. The molecule has 15 nitrogen and oxygen atoms in total. The largest absolute Gasteiger partial charge is 0.490 e. The number of ketones is 1. The van der Waals surface area contributed by atoms with E-state index in [-0.39, 0.29) is 0 Å². The average molecular weight is 499 g/mol. The lowest BCUT2D eigenvalue weighted by molar-refractivity contribution is -0.135. The molecule has 0 radical (unpaired) electrons. The van der Waals surface area contributed by atoms with Crippen molar-refractivity contribution in [3.8, 4) is 0 Å². The third kappa shape index (κ3) is 7.04. The van der Waals surface area contributed by atoms with Crippen molar-refractivity contribution in [2.75, 3.05) is 6.61 Å². The minimum absolute atomic E-state index is 0.442. The summed E-state index contributed by atoms with van der Waals surface area (Å²) in [6, 6.07) is 0. The van der Waals surface area contributed by atoms with Gasteiger partial charge in [-0.1, -0.05) is 0 Å². The van der Waals surface area contributed by atoms with Crippen molar-refractivity contribution in [2.45, 2.75) is 29.3 Å². The van der Waals surface area contributed by atoms with Gasteiger partial charge in [-0.25, -0.2) is 13.7 Å². The minimum atomic E-state index is -5.69. The maximum atomic E-state index is 11.9. The monoisotopic (exact) mass is 499 g/mol.